The molecule has 0 radical (unpaired) electrons. The van der Waals surface area contributed by atoms with Crippen LogP contribution in [0.4, 0.5) is 17.1 Å². The average Bonchev–Trinajstić information content (AvgIpc) is 2.69. The molecule has 0 bridgehead atoms. The van der Waals surface area contributed by atoms with Crippen LogP contribution in [0.3, 0.4) is 0 Å². The van der Waals surface area contributed by atoms with Gasteiger partial charge in [-0.2, -0.15) is 5.26 Å². The molecule has 1 amide bonds. The molecule has 134 valence electrons. The number of nitrogens with zero attached hydrogens (tertiary/aromatic N) is 2. The van der Waals surface area contributed by atoms with E-state index in [9.17, 15) is 4.79 Å². The SMILES string of the molecule is COc1ccc(Nc2cncc(C(=O)Nc3ccc(C#N)cc3)c2)cc1Cl. The van der Waals surface area contributed by atoms with Crippen LogP contribution in [0, 0.1) is 11.3 Å². The van der Waals surface area contributed by atoms with Crippen LogP contribution in [0.2, 0.25) is 5.02 Å². The molecule has 0 aliphatic rings. The maximum absolute atomic E-state index is 12.4. The van der Waals surface area contributed by atoms with Crippen molar-refractivity contribution >= 4 is 34.6 Å². The van der Waals surface area contributed by atoms with Crippen molar-refractivity contribution in [3.8, 4) is 11.8 Å². The number of halogens is 1. The fourth-order valence-corrected chi connectivity index (χ4v) is 2.63. The third kappa shape index (κ3) is 4.54. The summed E-state index contributed by atoms with van der Waals surface area (Å²) in [6.45, 7) is 0. The third-order valence-electron chi connectivity index (χ3n) is 3.71. The van der Waals surface area contributed by atoms with Crippen molar-refractivity contribution in [1.29, 1.82) is 5.26 Å². The quantitative estimate of drug-likeness (QED) is 0.676. The van der Waals surface area contributed by atoms with Crippen LogP contribution >= 0.6 is 11.6 Å². The number of hydrogen-bond acceptors (Lipinski definition) is 5. The van der Waals surface area contributed by atoms with Crippen LogP contribution in [0.5, 0.6) is 5.75 Å². The maximum Gasteiger partial charge on any atom is 0.257 e. The van der Waals surface area contributed by atoms with E-state index in [2.05, 4.69) is 15.6 Å². The van der Waals surface area contributed by atoms with E-state index in [-0.39, 0.29) is 5.91 Å². The molecule has 2 N–H and O–H groups in total. The summed E-state index contributed by atoms with van der Waals surface area (Å²) in [5.41, 5.74) is 2.90. The van der Waals surface area contributed by atoms with Gasteiger partial charge in [0.15, 0.2) is 0 Å². The topological polar surface area (TPSA) is 87.0 Å². The van der Waals surface area contributed by atoms with E-state index in [1.165, 1.54) is 6.20 Å². The minimum atomic E-state index is -0.302. The van der Waals surface area contributed by atoms with Crippen molar-refractivity contribution < 1.29 is 9.53 Å². The third-order valence-corrected chi connectivity index (χ3v) is 4.01. The molecule has 0 aliphatic carbocycles. The molecular weight excluding hydrogens is 364 g/mol. The molecule has 2 aromatic carbocycles. The predicted octanol–water partition coefficient (Wildman–Crippen LogP) is 4.61. The van der Waals surface area contributed by atoms with Crippen LogP contribution in [0.25, 0.3) is 0 Å². The molecule has 0 saturated carbocycles. The van der Waals surface area contributed by atoms with Gasteiger partial charge in [-0.1, -0.05) is 11.6 Å². The molecule has 3 rings (SSSR count). The van der Waals surface area contributed by atoms with E-state index in [0.717, 1.165) is 5.69 Å². The highest BCUT2D eigenvalue weighted by Gasteiger charge is 2.09. The number of carbonyl (C=O) groups excluding carboxylic acids is 1. The number of aromatic nitrogens is 1. The fourth-order valence-electron chi connectivity index (χ4n) is 2.37. The Morgan fingerprint density at radius 1 is 1.07 bits per heavy atom. The highest BCUT2D eigenvalue weighted by Crippen LogP contribution is 2.28. The lowest BCUT2D eigenvalue weighted by Crippen LogP contribution is -2.12. The first-order chi connectivity index (χ1) is 13.1. The largest absolute Gasteiger partial charge is 0.495 e. The van der Waals surface area contributed by atoms with Gasteiger partial charge in [0.25, 0.3) is 5.91 Å². The second-order valence-corrected chi connectivity index (χ2v) is 5.99. The Balaban J connectivity index is 1.73. The van der Waals surface area contributed by atoms with Crippen LogP contribution in [0.15, 0.2) is 60.9 Å². The number of pyridine rings is 1. The summed E-state index contributed by atoms with van der Waals surface area (Å²) in [6, 6.07) is 15.6. The molecule has 27 heavy (non-hydrogen) atoms. The molecule has 7 heteroatoms. The summed E-state index contributed by atoms with van der Waals surface area (Å²) >= 11 is 6.12. The lowest BCUT2D eigenvalue weighted by molar-refractivity contribution is 0.102. The van der Waals surface area contributed by atoms with Crippen LogP contribution in [-0.4, -0.2) is 18.0 Å². The summed E-state index contributed by atoms with van der Waals surface area (Å²) in [7, 11) is 1.55. The number of nitrogens with one attached hydrogen (secondary N) is 2. The molecule has 0 aliphatic heterocycles. The van der Waals surface area contributed by atoms with Crippen molar-refractivity contribution in [1.82, 2.24) is 4.98 Å². The zero-order valence-electron chi connectivity index (χ0n) is 14.4. The standard InChI is InChI=1S/C20H15ClN4O2/c1-27-19-7-6-16(9-18(19)21)24-17-8-14(11-23-12-17)20(26)25-15-4-2-13(10-22)3-5-15/h2-9,11-12,24H,1H3,(H,25,26). The van der Waals surface area contributed by atoms with E-state index in [4.69, 9.17) is 21.6 Å². The molecule has 0 unspecified atom stereocenters. The number of anilines is 3. The van der Waals surface area contributed by atoms with E-state index < -0.39 is 0 Å². The number of rotatable bonds is 5. The molecule has 1 heterocycles. The molecule has 0 atom stereocenters. The van der Waals surface area contributed by atoms with E-state index in [1.54, 1.807) is 55.8 Å². The molecule has 6 nitrogen and oxygen atoms in total. The zero-order chi connectivity index (χ0) is 19.2. The summed E-state index contributed by atoms with van der Waals surface area (Å²) in [6.07, 6.45) is 3.09. The Kier molecular flexibility index (Phi) is 5.55. The monoisotopic (exact) mass is 378 g/mol. The van der Waals surface area contributed by atoms with Crippen LogP contribution in [-0.2, 0) is 0 Å². The number of hydrogen-bond donors (Lipinski definition) is 2. The Bertz CT molecular complexity index is 1010. The first-order valence-corrected chi connectivity index (χ1v) is 8.34. The van der Waals surface area contributed by atoms with Crippen molar-refractivity contribution in [2.45, 2.75) is 0 Å². The average molecular weight is 379 g/mol. The van der Waals surface area contributed by atoms with Gasteiger partial charge in [-0.25, -0.2) is 0 Å². The first-order valence-electron chi connectivity index (χ1n) is 7.96. The highest BCUT2D eigenvalue weighted by atomic mass is 35.5. The van der Waals surface area contributed by atoms with E-state index in [1.807, 2.05) is 12.1 Å². The Labute approximate surface area is 161 Å². The maximum atomic E-state index is 12.4. The Morgan fingerprint density at radius 2 is 1.81 bits per heavy atom. The Hall–Kier alpha value is -3.56. The second-order valence-electron chi connectivity index (χ2n) is 5.58. The zero-order valence-corrected chi connectivity index (χ0v) is 15.1. The fraction of sp³-hybridized carbons (Fsp3) is 0.0500. The smallest absolute Gasteiger partial charge is 0.257 e. The molecule has 0 saturated heterocycles. The van der Waals surface area contributed by atoms with Crippen molar-refractivity contribution in [2.24, 2.45) is 0 Å². The predicted molar refractivity (Wildman–Crippen MR) is 105 cm³/mol. The molecule has 1 aromatic heterocycles. The molecule has 0 spiro atoms. The highest BCUT2D eigenvalue weighted by molar-refractivity contribution is 6.32. The van der Waals surface area contributed by atoms with Crippen molar-refractivity contribution in [3.63, 3.8) is 0 Å². The summed E-state index contributed by atoms with van der Waals surface area (Å²) < 4.78 is 5.13. The van der Waals surface area contributed by atoms with Crippen LogP contribution in [0.1, 0.15) is 15.9 Å². The van der Waals surface area contributed by atoms with E-state index in [0.29, 0.717) is 33.3 Å². The lowest BCUT2D eigenvalue weighted by Gasteiger charge is -2.10. The van der Waals surface area contributed by atoms with Gasteiger partial charge in [-0.3, -0.25) is 9.78 Å². The minimum Gasteiger partial charge on any atom is -0.495 e. The molecule has 0 fully saturated rings. The van der Waals surface area contributed by atoms with Gasteiger partial charge in [-0.05, 0) is 48.5 Å². The van der Waals surface area contributed by atoms with Gasteiger partial charge in [0.2, 0.25) is 0 Å². The summed E-state index contributed by atoms with van der Waals surface area (Å²) in [4.78, 5) is 16.5. The molecular formula is C20H15ClN4O2. The number of methoxy groups -OCH3 is 1. The van der Waals surface area contributed by atoms with Gasteiger partial charge < -0.3 is 15.4 Å². The lowest BCUT2D eigenvalue weighted by atomic mass is 10.2. The summed E-state index contributed by atoms with van der Waals surface area (Å²) in [5.74, 6) is 0.277. The molecule has 3 aromatic rings. The number of nitriles is 1. The van der Waals surface area contributed by atoms with Crippen molar-refractivity contribution in [2.75, 3.05) is 17.7 Å². The van der Waals surface area contributed by atoms with Gasteiger partial charge >= 0.3 is 0 Å². The number of carbonyl (C=O) groups is 1. The summed E-state index contributed by atoms with van der Waals surface area (Å²) in [5, 5.41) is 15.2. The number of ether oxygens (including phenoxy) is 1. The second kappa shape index (κ2) is 8.21. The van der Waals surface area contributed by atoms with E-state index >= 15 is 0 Å². The van der Waals surface area contributed by atoms with Gasteiger partial charge in [0.05, 0.1) is 41.2 Å². The number of amides is 1. The number of benzene rings is 2. The first kappa shape index (κ1) is 18.2. The van der Waals surface area contributed by atoms with Gasteiger partial charge in [0.1, 0.15) is 5.75 Å². The Morgan fingerprint density at radius 3 is 2.48 bits per heavy atom. The minimum absolute atomic E-state index is 0.302. The van der Waals surface area contributed by atoms with Crippen LogP contribution < -0.4 is 15.4 Å². The normalized spacial score (nSPS) is 9.96. The van der Waals surface area contributed by atoms with Gasteiger partial charge in [-0.15, -0.1) is 0 Å². The van der Waals surface area contributed by atoms with Crippen molar-refractivity contribution in [3.05, 3.63) is 77.1 Å². The van der Waals surface area contributed by atoms with Gasteiger partial charge in [0, 0.05) is 17.6 Å².